The van der Waals surface area contributed by atoms with Crippen LogP contribution in [0.15, 0.2) is 0 Å². The zero-order valence-corrected chi connectivity index (χ0v) is 13.0. The van der Waals surface area contributed by atoms with Crippen LogP contribution >= 0.6 is 11.8 Å². The maximum absolute atomic E-state index is 12.0. The molecule has 1 N–H and O–H groups in total. The van der Waals surface area contributed by atoms with Crippen LogP contribution in [0.3, 0.4) is 0 Å². The molecule has 0 aliphatic heterocycles. The number of hydrogen-bond acceptors (Lipinski definition) is 5. The van der Waals surface area contributed by atoms with Gasteiger partial charge in [0.05, 0.1) is 23.7 Å². The summed E-state index contributed by atoms with van der Waals surface area (Å²) >= 11 is 1.20. The highest BCUT2D eigenvalue weighted by Gasteiger charge is 2.31. The molecule has 19 heavy (non-hydrogen) atoms. The Labute approximate surface area is 119 Å². The molecule has 0 aromatic heterocycles. The van der Waals surface area contributed by atoms with Crippen LogP contribution in [0.25, 0.3) is 0 Å². The molecule has 6 heteroatoms. The Bertz CT molecular complexity index is 365. The number of nitrogens with one attached hydrogen (secondary N) is 1. The molecule has 0 aliphatic rings. The topological polar surface area (TPSA) is 79.2 Å². The van der Waals surface area contributed by atoms with E-state index in [0.29, 0.717) is 6.61 Å². The van der Waals surface area contributed by atoms with Crippen LogP contribution in [0.1, 0.15) is 34.6 Å². The quantitative estimate of drug-likeness (QED) is 0.721. The summed E-state index contributed by atoms with van der Waals surface area (Å²) in [6, 6.07) is 2.12. The van der Waals surface area contributed by atoms with E-state index in [9.17, 15) is 9.59 Å². The normalized spacial score (nSPS) is 15.2. The predicted octanol–water partition coefficient (Wildman–Crippen LogP) is 1.73. The van der Waals surface area contributed by atoms with E-state index in [1.54, 1.807) is 20.8 Å². The minimum atomic E-state index is -0.893. The largest absolute Gasteiger partial charge is 0.465 e. The summed E-state index contributed by atoms with van der Waals surface area (Å²) < 4.78 is 4.79. The second-order valence-electron chi connectivity index (χ2n) is 4.72. The van der Waals surface area contributed by atoms with E-state index in [-0.39, 0.29) is 23.5 Å². The van der Waals surface area contributed by atoms with Crippen LogP contribution < -0.4 is 5.32 Å². The predicted molar refractivity (Wildman–Crippen MR) is 75.6 cm³/mol. The van der Waals surface area contributed by atoms with E-state index in [1.165, 1.54) is 11.8 Å². The smallest absolute Gasteiger partial charge is 0.315 e. The molecule has 0 saturated heterocycles. The molecule has 1 amide bonds. The van der Waals surface area contributed by atoms with Crippen LogP contribution in [-0.4, -0.2) is 35.0 Å². The molecular formula is C13H22N2O3S. The van der Waals surface area contributed by atoms with Gasteiger partial charge in [-0.15, -0.1) is 11.8 Å². The molecule has 0 bridgehead atoms. The van der Waals surface area contributed by atoms with Gasteiger partial charge in [-0.05, 0) is 26.7 Å². The molecule has 0 saturated carbocycles. The summed E-state index contributed by atoms with van der Waals surface area (Å²) in [6.45, 7) is 9.22. The third-order valence-electron chi connectivity index (χ3n) is 2.90. The lowest BCUT2D eigenvalue weighted by atomic mass is 9.90. The van der Waals surface area contributed by atoms with E-state index in [2.05, 4.69) is 11.4 Å². The molecule has 2 atom stereocenters. The number of esters is 1. The second-order valence-corrected chi connectivity index (χ2v) is 6.05. The Balaban J connectivity index is 4.36. The van der Waals surface area contributed by atoms with E-state index in [0.717, 1.165) is 0 Å². The molecule has 0 fully saturated rings. The minimum absolute atomic E-state index is 0.00343. The Morgan fingerprint density at radius 2 is 2.00 bits per heavy atom. The van der Waals surface area contributed by atoms with Crippen molar-refractivity contribution in [1.82, 2.24) is 5.32 Å². The number of nitrogens with zero attached hydrogens (tertiary/aromatic N) is 1. The highest BCUT2D eigenvalue weighted by Crippen LogP contribution is 2.18. The maximum atomic E-state index is 12.0. The van der Waals surface area contributed by atoms with Gasteiger partial charge in [-0.25, -0.2) is 0 Å². The van der Waals surface area contributed by atoms with Crippen LogP contribution in [-0.2, 0) is 14.3 Å². The number of ether oxygens (including phenoxy) is 1. The van der Waals surface area contributed by atoms with Crippen molar-refractivity contribution in [3.05, 3.63) is 0 Å². The number of carbonyl (C=O) groups is 2. The average molecular weight is 286 g/mol. The van der Waals surface area contributed by atoms with Crippen molar-refractivity contribution < 1.29 is 14.3 Å². The van der Waals surface area contributed by atoms with E-state index < -0.39 is 10.8 Å². The SMILES string of the molecule is CCOC(=O)CSC(C)C(=O)NC(C)(C#N)C(C)C. The van der Waals surface area contributed by atoms with E-state index in [4.69, 9.17) is 10.00 Å². The summed E-state index contributed by atoms with van der Waals surface area (Å²) in [5, 5.41) is 11.4. The number of amides is 1. The first-order valence-electron chi connectivity index (χ1n) is 6.27. The van der Waals surface area contributed by atoms with Gasteiger partial charge in [0.2, 0.25) is 5.91 Å². The molecule has 0 aromatic rings. The summed E-state index contributed by atoms with van der Waals surface area (Å²) in [6.07, 6.45) is 0. The molecule has 0 aliphatic carbocycles. The summed E-state index contributed by atoms with van der Waals surface area (Å²) in [4.78, 5) is 23.1. The number of carbonyl (C=O) groups excluding carboxylic acids is 2. The monoisotopic (exact) mass is 286 g/mol. The molecular weight excluding hydrogens is 264 g/mol. The fourth-order valence-corrected chi connectivity index (χ4v) is 1.81. The van der Waals surface area contributed by atoms with Crippen molar-refractivity contribution in [2.24, 2.45) is 5.92 Å². The van der Waals surface area contributed by atoms with Gasteiger partial charge < -0.3 is 10.1 Å². The van der Waals surface area contributed by atoms with Gasteiger partial charge in [0, 0.05) is 0 Å². The molecule has 0 radical (unpaired) electrons. The lowest BCUT2D eigenvalue weighted by molar-refractivity contribution is -0.139. The van der Waals surface area contributed by atoms with Crippen LogP contribution in [0.4, 0.5) is 0 Å². The Morgan fingerprint density at radius 1 is 1.42 bits per heavy atom. The molecule has 0 aromatic carbocycles. The Kier molecular flexibility index (Phi) is 7.53. The standard InChI is InChI=1S/C13H22N2O3S/c1-6-18-11(16)7-19-10(4)12(17)15-13(5,8-14)9(2)3/h9-10H,6-7H2,1-5H3,(H,15,17). The maximum Gasteiger partial charge on any atom is 0.315 e. The Morgan fingerprint density at radius 3 is 2.42 bits per heavy atom. The van der Waals surface area contributed by atoms with Crippen LogP contribution in [0, 0.1) is 17.2 Å². The molecule has 0 heterocycles. The van der Waals surface area contributed by atoms with Crippen LogP contribution in [0.2, 0.25) is 0 Å². The molecule has 0 rings (SSSR count). The van der Waals surface area contributed by atoms with Crippen molar-refractivity contribution in [2.45, 2.75) is 45.4 Å². The van der Waals surface area contributed by atoms with Gasteiger partial charge >= 0.3 is 5.97 Å². The first-order chi connectivity index (χ1) is 8.76. The van der Waals surface area contributed by atoms with Gasteiger partial charge in [0.15, 0.2) is 0 Å². The number of rotatable bonds is 7. The third kappa shape index (κ3) is 5.97. The number of hydrogen-bond donors (Lipinski definition) is 1. The highest BCUT2D eigenvalue weighted by atomic mass is 32.2. The average Bonchev–Trinajstić information content (AvgIpc) is 2.35. The number of thioether (sulfide) groups is 1. The lowest BCUT2D eigenvalue weighted by Crippen LogP contribution is -2.51. The highest BCUT2D eigenvalue weighted by molar-refractivity contribution is 8.01. The molecule has 108 valence electrons. The zero-order valence-electron chi connectivity index (χ0n) is 12.1. The van der Waals surface area contributed by atoms with Gasteiger partial charge in [0.1, 0.15) is 5.54 Å². The summed E-state index contributed by atoms with van der Waals surface area (Å²) in [5.41, 5.74) is -0.893. The van der Waals surface area contributed by atoms with Gasteiger partial charge in [-0.2, -0.15) is 5.26 Å². The van der Waals surface area contributed by atoms with E-state index in [1.807, 2.05) is 13.8 Å². The lowest BCUT2D eigenvalue weighted by Gasteiger charge is -2.28. The van der Waals surface area contributed by atoms with Crippen molar-refractivity contribution in [3.8, 4) is 6.07 Å². The first-order valence-corrected chi connectivity index (χ1v) is 7.32. The van der Waals surface area contributed by atoms with Gasteiger partial charge in [0.25, 0.3) is 0 Å². The first kappa shape index (κ1) is 17.8. The zero-order chi connectivity index (χ0) is 15.1. The van der Waals surface area contributed by atoms with Crippen molar-refractivity contribution in [1.29, 1.82) is 5.26 Å². The van der Waals surface area contributed by atoms with Crippen molar-refractivity contribution in [2.75, 3.05) is 12.4 Å². The summed E-state index contributed by atoms with van der Waals surface area (Å²) in [7, 11) is 0. The fourth-order valence-electron chi connectivity index (χ4n) is 1.13. The Hall–Kier alpha value is -1.22. The molecule has 2 unspecified atom stereocenters. The molecule has 0 spiro atoms. The van der Waals surface area contributed by atoms with Crippen molar-refractivity contribution >= 4 is 23.6 Å². The van der Waals surface area contributed by atoms with Crippen LogP contribution in [0.5, 0.6) is 0 Å². The van der Waals surface area contributed by atoms with Gasteiger partial charge in [-0.1, -0.05) is 13.8 Å². The second kappa shape index (κ2) is 8.05. The third-order valence-corrected chi connectivity index (χ3v) is 4.01. The minimum Gasteiger partial charge on any atom is -0.465 e. The van der Waals surface area contributed by atoms with Crippen molar-refractivity contribution in [3.63, 3.8) is 0 Å². The summed E-state index contributed by atoms with van der Waals surface area (Å²) in [5.74, 6) is -0.442. The van der Waals surface area contributed by atoms with Gasteiger partial charge in [-0.3, -0.25) is 9.59 Å². The molecule has 5 nitrogen and oxygen atoms in total. The fraction of sp³-hybridized carbons (Fsp3) is 0.769. The number of nitriles is 1. The van der Waals surface area contributed by atoms with E-state index >= 15 is 0 Å².